The molecule has 0 saturated carbocycles. The van der Waals surface area contributed by atoms with Gasteiger partial charge in [-0.1, -0.05) is 44.5 Å². The van der Waals surface area contributed by atoms with Crippen molar-refractivity contribution in [3.05, 3.63) is 34.3 Å². The molecule has 1 heterocycles. The lowest BCUT2D eigenvalue weighted by Crippen LogP contribution is -2.13. The first kappa shape index (κ1) is 11.9. The van der Waals surface area contributed by atoms with E-state index in [0.717, 1.165) is 18.1 Å². The Bertz CT molecular complexity index is 373. The van der Waals surface area contributed by atoms with Crippen molar-refractivity contribution in [1.29, 1.82) is 0 Å². The van der Waals surface area contributed by atoms with E-state index in [9.17, 15) is 0 Å². The Hall–Kier alpha value is -0.530. The average Bonchev–Trinajstić information content (AvgIpc) is 2.69. The molecule has 1 aromatic rings. The molecule has 1 aliphatic heterocycles. The van der Waals surface area contributed by atoms with Gasteiger partial charge in [-0.25, -0.2) is 0 Å². The molecule has 1 saturated heterocycles. The summed E-state index contributed by atoms with van der Waals surface area (Å²) in [6, 6.07) is 6.49. The van der Waals surface area contributed by atoms with Crippen molar-refractivity contribution >= 4 is 11.6 Å². The van der Waals surface area contributed by atoms with Crippen LogP contribution in [-0.2, 0) is 5.41 Å². The molecule has 0 spiro atoms. The Labute approximate surface area is 103 Å². The zero-order valence-corrected chi connectivity index (χ0v) is 11.1. The van der Waals surface area contributed by atoms with Crippen LogP contribution in [0.15, 0.2) is 18.2 Å². The number of benzene rings is 1. The minimum atomic E-state index is 0.200. The smallest absolute Gasteiger partial charge is 0.0441 e. The van der Waals surface area contributed by atoms with Gasteiger partial charge in [0.1, 0.15) is 0 Å². The highest BCUT2D eigenvalue weighted by Crippen LogP contribution is 2.33. The normalized spacial score (nSPS) is 21.4. The summed E-state index contributed by atoms with van der Waals surface area (Å²) in [5.41, 5.74) is 2.89. The van der Waals surface area contributed by atoms with Crippen molar-refractivity contribution in [2.75, 3.05) is 13.1 Å². The van der Waals surface area contributed by atoms with Crippen molar-refractivity contribution in [1.82, 2.24) is 5.32 Å². The third-order valence-electron chi connectivity index (χ3n) is 3.36. The molecule has 2 rings (SSSR count). The topological polar surface area (TPSA) is 12.0 Å². The van der Waals surface area contributed by atoms with E-state index in [1.165, 1.54) is 17.5 Å². The summed E-state index contributed by atoms with van der Waals surface area (Å²) in [7, 11) is 0. The van der Waals surface area contributed by atoms with Crippen molar-refractivity contribution in [2.24, 2.45) is 0 Å². The van der Waals surface area contributed by atoms with E-state index in [0.29, 0.717) is 5.92 Å². The van der Waals surface area contributed by atoms with E-state index in [2.05, 4.69) is 44.3 Å². The first-order chi connectivity index (χ1) is 7.48. The summed E-state index contributed by atoms with van der Waals surface area (Å²) in [6.07, 6.45) is 1.20. The van der Waals surface area contributed by atoms with Crippen LogP contribution in [0.1, 0.15) is 44.2 Å². The van der Waals surface area contributed by atoms with Gasteiger partial charge in [-0.15, -0.1) is 0 Å². The number of nitrogens with one attached hydrogen (secondary N) is 1. The van der Waals surface area contributed by atoms with E-state index < -0.39 is 0 Å². The molecule has 1 atom stereocenters. The monoisotopic (exact) mass is 237 g/mol. The summed E-state index contributed by atoms with van der Waals surface area (Å²) in [5, 5.41) is 4.32. The highest BCUT2D eigenvalue weighted by atomic mass is 35.5. The maximum absolute atomic E-state index is 6.30. The first-order valence-electron chi connectivity index (χ1n) is 5.99. The van der Waals surface area contributed by atoms with Crippen LogP contribution < -0.4 is 5.32 Å². The second kappa shape index (κ2) is 4.38. The van der Waals surface area contributed by atoms with Gasteiger partial charge in [0.25, 0.3) is 0 Å². The summed E-state index contributed by atoms with van der Waals surface area (Å²) in [4.78, 5) is 0. The molecule has 88 valence electrons. The van der Waals surface area contributed by atoms with Crippen LogP contribution in [0.4, 0.5) is 0 Å². The molecular weight excluding hydrogens is 218 g/mol. The fraction of sp³-hybridized carbons (Fsp3) is 0.571. The SMILES string of the molecule is CC(C)(C)c1ccc(Cl)c(C2CCNC2)c1. The van der Waals surface area contributed by atoms with E-state index in [4.69, 9.17) is 11.6 Å². The lowest BCUT2D eigenvalue weighted by Gasteiger charge is -2.22. The summed E-state index contributed by atoms with van der Waals surface area (Å²) in [6.45, 7) is 8.90. The molecule has 1 N–H and O–H groups in total. The Morgan fingerprint density at radius 1 is 1.31 bits per heavy atom. The molecule has 1 aromatic carbocycles. The summed E-state index contributed by atoms with van der Waals surface area (Å²) >= 11 is 6.30. The highest BCUT2D eigenvalue weighted by molar-refractivity contribution is 6.31. The zero-order chi connectivity index (χ0) is 11.8. The Morgan fingerprint density at radius 2 is 2.06 bits per heavy atom. The minimum Gasteiger partial charge on any atom is -0.316 e. The van der Waals surface area contributed by atoms with Crippen molar-refractivity contribution < 1.29 is 0 Å². The van der Waals surface area contributed by atoms with Crippen molar-refractivity contribution in [2.45, 2.75) is 38.5 Å². The minimum absolute atomic E-state index is 0.200. The Kier molecular flexibility index (Phi) is 3.27. The van der Waals surface area contributed by atoms with Gasteiger partial charge in [-0.05, 0) is 41.5 Å². The van der Waals surface area contributed by atoms with Gasteiger partial charge in [-0.3, -0.25) is 0 Å². The number of halogens is 1. The second-order valence-corrected chi connectivity index (χ2v) is 6.08. The molecule has 0 aliphatic carbocycles. The number of rotatable bonds is 1. The summed E-state index contributed by atoms with van der Waals surface area (Å²) < 4.78 is 0. The molecule has 1 nitrogen and oxygen atoms in total. The van der Waals surface area contributed by atoms with Crippen LogP contribution in [-0.4, -0.2) is 13.1 Å². The lowest BCUT2D eigenvalue weighted by molar-refractivity contribution is 0.588. The number of hydrogen-bond acceptors (Lipinski definition) is 1. The van der Waals surface area contributed by atoms with Gasteiger partial charge in [-0.2, -0.15) is 0 Å². The maximum Gasteiger partial charge on any atom is 0.0441 e. The lowest BCUT2D eigenvalue weighted by atomic mass is 9.84. The van der Waals surface area contributed by atoms with Crippen molar-refractivity contribution in [3.63, 3.8) is 0 Å². The Morgan fingerprint density at radius 3 is 2.62 bits per heavy atom. The standard InChI is InChI=1S/C14H20ClN/c1-14(2,3)11-4-5-13(15)12(8-11)10-6-7-16-9-10/h4-5,8,10,16H,6-7,9H2,1-3H3. The molecule has 1 unspecified atom stereocenters. The zero-order valence-electron chi connectivity index (χ0n) is 10.3. The molecule has 16 heavy (non-hydrogen) atoms. The van der Waals surface area contributed by atoms with Crippen LogP contribution >= 0.6 is 11.6 Å². The van der Waals surface area contributed by atoms with Crippen LogP contribution in [0.5, 0.6) is 0 Å². The van der Waals surface area contributed by atoms with Gasteiger partial charge in [0, 0.05) is 11.6 Å². The highest BCUT2D eigenvalue weighted by Gasteiger charge is 2.21. The molecule has 1 fully saturated rings. The molecular formula is C14H20ClN. The predicted octanol–water partition coefficient (Wildman–Crippen LogP) is 3.71. The van der Waals surface area contributed by atoms with E-state index in [-0.39, 0.29) is 5.41 Å². The average molecular weight is 238 g/mol. The molecule has 0 bridgehead atoms. The van der Waals surface area contributed by atoms with Crippen molar-refractivity contribution in [3.8, 4) is 0 Å². The van der Waals surface area contributed by atoms with Crippen LogP contribution in [0.2, 0.25) is 5.02 Å². The van der Waals surface area contributed by atoms with Gasteiger partial charge in [0.15, 0.2) is 0 Å². The quantitative estimate of drug-likeness (QED) is 0.785. The van der Waals surface area contributed by atoms with Crippen LogP contribution in [0.25, 0.3) is 0 Å². The van der Waals surface area contributed by atoms with Gasteiger partial charge < -0.3 is 5.32 Å². The molecule has 2 heteroatoms. The van der Waals surface area contributed by atoms with Crippen LogP contribution in [0, 0.1) is 0 Å². The second-order valence-electron chi connectivity index (χ2n) is 5.68. The van der Waals surface area contributed by atoms with E-state index >= 15 is 0 Å². The van der Waals surface area contributed by atoms with Crippen LogP contribution in [0.3, 0.4) is 0 Å². The maximum atomic E-state index is 6.30. The van der Waals surface area contributed by atoms with Gasteiger partial charge >= 0.3 is 0 Å². The molecule has 1 aliphatic rings. The van der Waals surface area contributed by atoms with E-state index in [1.54, 1.807) is 0 Å². The third kappa shape index (κ3) is 2.41. The van der Waals surface area contributed by atoms with E-state index in [1.807, 2.05) is 0 Å². The predicted molar refractivity (Wildman–Crippen MR) is 70.4 cm³/mol. The molecule has 0 amide bonds. The number of hydrogen-bond donors (Lipinski definition) is 1. The molecule has 0 radical (unpaired) electrons. The third-order valence-corrected chi connectivity index (χ3v) is 3.71. The fourth-order valence-electron chi connectivity index (χ4n) is 2.24. The fourth-order valence-corrected chi connectivity index (χ4v) is 2.52. The largest absolute Gasteiger partial charge is 0.316 e. The molecule has 0 aromatic heterocycles. The van der Waals surface area contributed by atoms with Gasteiger partial charge in [0.05, 0.1) is 0 Å². The first-order valence-corrected chi connectivity index (χ1v) is 6.37. The van der Waals surface area contributed by atoms with Gasteiger partial charge in [0.2, 0.25) is 0 Å². The Balaban J connectivity index is 2.36. The summed E-state index contributed by atoms with van der Waals surface area (Å²) in [5.74, 6) is 0.592.